The quantitative estimate of drug-likeness (QED) is 0.751. The molecule has 0 bridgehead atoms. The lowest BCUT2D eigenvalue weighted by atomic mass is 10.3. The van der Waals surface area contributed by atoms with Gasteiger partial charge in [-0.2, -0.15) is 0 Å². The van der Waals surface area contributed by atoms with Crippen LogP contribution in [0.1, 0.15) is 13.3 Å². The zero-order chi connectivity index (χ0) is 11.8. The molecule has 1 rings (SSSR count). The third-order valence-electron chi connectivity index (χ3n) is 2.05. The molecule has 1 N–H and O–H groups in total. The molecule has 0 aromatic heterocycles. The molecule has 0 spiro atoms. The molecule has 0 fully saturated rings. The summed E-state index contributed by atoms with van der Waals surface area (Å²) in [5.74, 6) is 0.728. The van der Waals surface area contributed by atoms with Gasteiger partial charge in [0.1, 0.15) is 5.75 Å². The predicted octanol–water partition coefficient (Wildman–Crippen LogP) is 2.06. The Labute approximate surface area is 95.6 Å². The lowest BCUT2D eigenvalue weighted by Gasteiger charge is -2.06. The molecule has 0 aliphatic heterocycles. The number of amides is 1. The number of anilines is 1. The van der Waals surface area contributed by atoms with Gasteiger partial charge in [-0.05, 0) is 31.2 Å². The smallest absolute Gasteiger partial charge is 0.226 e. The summed E-state index contributed by atoms with van der Waals surface area (Å²) in [7, 11) is 1.61. The minimum atomic E-state index is -0.0429. The van der Waals surface area contributed by atoms with Gasteiger partial charge in [-0.3, -0.25) is 4.79 Å². The summed E-state index contributed by atoms with van der Waals surface area (Å²) < 4.78 is 10.1. The number of methoxy groups -OCH3 is 1. The van der Waals surface area contributed by atoms with Crippen LogP contribution in [0.25, 0.3) is 0 Å². The molecule has 0 saturated carbocycles. The lowest BCUT2D eigenvalue weighted by molar-refractivity contribution is -0.117. The standard InChI is InChI=1S/C12H17NO3/c1-3-16-9-8-12(14)13-10-4-6-11(15-2)7-5-10/h4-7H,3,8-9H2,1-2H3,(H,13,14). The molecule has 0 aliphatic rings. The Balaban J connectivity index is 2.37. The molecule has 4 heteroatoms. The fourth-order valence-corrected chi connectivity index (χ4v) is 1.21. The van der Waals surface area contributed by atoms with Crippen LogP contribution in [0.15, 0.2) is 24.3 Å². The normalized spacial score (nSPS) is 9.88. The number of ether oxygens (including phenoxy) is 2. The van der Waals surface area contributed by atoms with Crippen molar-refractivity contribution in [2.45, 2.75) is 13.3 Å². The maximum atomic E-state index is 11.4. The van der Waals surface area contributed by atoms with E-state index in [0.29, 0.717) is 19.6 Å². The van der Waals surface area contributed by atoms with Crippen molar-refractivity contribution < 1.29 is 14.3 Å². The van der Waals surface area contributed by atoms with Crippen molar-refractivity contribution in [2.75, 3.05) is 25.6 Å². The Morgan fingerprint density at radius 2 is 2.00 bits per heavy atom. The number of hydrogen-bond donors (Lipinski definition) is 1. The van der Waals surface area contributed by atoms with Crippen LogP contribution in [-0.2, 0) is 9.53 Å². The third-order valence-corrected chi connectivity index (χ3v) is 2.05. The predicted molar refractivity (Wildman–Crippen MR) is 62.7 cm³/mol. The first-order valence-electron chi connectivity index (χ1n) is 5.28. The van der Waals surface area contributed by atoms with E-state index >= 15 is 0 Å². The van der Waals surface area contributed by atoms with E-state index in [1.807, 2.05) is 6.92 Å². The Kier molecular flexibility index (Phi) is 5.36. The number of benzene rings is 1. The Morgan fingerprint density at radius 3 is 2.56 bits per heavy atom. The molecule has 0 saturated heterocycles. The highest BCUT2D eigenvalue weighted by Crippen LogP contribution is 2.14. The third kappa shape index (κ3) is 4.31. The van der Waals surface area contributed by atoms with Gasteiger partial charge in [0.25, 0.3) is 0 Å². The van der Waals surface area contributed by atoms with E-state index in [1.54, 1.807) is 31.4 Å². The number of hydrogen-bond acceptors (Lipinski definition) is 3. The zero-order valence-electron chi connectivity index (χ0n) is 9.66. The molecule has 1 aromatic carbocycles. The summed E-state index contributed by atoms with van der Waals surface area (Å²) in [4.78, 5) is 11.4. The first-order chi connectivity index (χ1) is 7.76. The van der Waals surface area contributed by atoms with Gasteiger partial charge in [-0.1, -0.05) is 0 Å². The molecule has 16 heavy (non-hydrogen) atoms. The minimum Gasteiger partial charge on any atom is -0.497 e. The van der Waals surface area contributed by atoms with Gasteiger partial charge in [-0.15, -0.1) is 0 Å². The van der Waals surface area contributed by atoms with Crippen LogP contribution in [0.5, 0.6) is 5.75 Å². The monoisotopic (exact) mass is 223 g/mol. The van der Waals surface area contributed by atoms with Gasteiger partial charge in [0.05, 0.1) is 20.1 Å². The number of carbonyl (C=O) groups excluding carboxylic acids is 1. The van der Waals surface area contributed by atoms with Gasteiger partial charge >= 0.3 is 0 Å². The van der Waals surface area contributed by atoms with Crippen LogP contribution in [0.4, 0.5) is 5.69 Å². The number of nitrogens with one attached hydrogen (secondary N) is 1. The van der Waals surface area contributed by atoms with Crippen LogP contribution in [0.3, 0.4) is 0 Å². The van der Waals surface area contributed by atoms with Crippen molar-refractivity contribution in [2.24, 2.45) is 0 Å². The van der Waals surface area contributed by atoms with Gasteiger partial charge < -0.3 is 14.8 Å². The van der Waals surface area contributed by atoms with Crippen LogP contribution >= 0.6 is 0 Å². The van der Waals surface area contributed by atoms with Gasteiger partial charge in [-0.25, -0.2) is 0 Å². The van der Waals surface area contributed by atoms with Crippen LogP contribution < -0.4 is 10.1 Å². The molecule has 88 valence electrons. The first kappa shape index (κ1) is 12.5. The highest BCUT2D eigenvalue weighted by Gasteiger charge is 2.01. The Bertz CT molecular complexity index is 322. The van der Waals surface area contributed by atoms with Crippen LogP contribution in [0, 0.1) is 0 Å². The second-order valence-corrected chi connectivity index (χ2v) is 3.22. The van der Waals surface area contributed by atoms with Gasteiger partial charge in [0.15, 0.2) is 0 Å². The average molecular weight is 223 g/mol. The molecule has 4 nitrogen and oxygen atoms in total. The Hall–Kier alpha value is -1.55. The van der Waals surface area contributed by atoms with E-state index < -0.39 is 0 Å². The van der Waals surface area contributed by atoms with E-state index in [1.165, 1.54) is 0 Å². The molecule has 0 unspecified atom stereocenters. The fourth-order valence-electron chi connectivity index (χ4n) is 1.21. The van der Waals surface area contributed by atoms with Gasteiger partial charge in [0, 0.05) is 12.3 Å². The van der Waals surface area contributed by atoms with E-state index in [0.717, 1.165) is 11.4 Å². The summed E-state index contributed by atoms with van der Waals surface area (Å²) in [5.41, 5.74) is 0.766. The molecule has 1 amide bonds. The molecule has 0 radical (unpaired) electrons. The molecule has 0 aliphatic carbocycles. The Morgan fingerprint density at radius 1 is 1.31 bits per heavy atom. The lowest BCUT2D eigenvalue weighted by Crippen LogP contribution is -2.13. The highest BCUT2D eigenvalue weighted by molar-refractivity contribution is 5.90. The van der Waals surface area contributed by atoms with E-state index in [-0.39, 0.29) is 5.91 Å². The molecular weight excluding hydrogens is 206 g/mol. The van der Waals surface area contributed by atoms with Crippen molar-refractivity contribution in [3.63, 3.8) is 0 Å². The average Bonchev–Trinajstić information content (AvgIpc) is 2.30. The zero-order valence-corrected chi connectivity index (χ0v) is 9.66. The van der Waals surface area contributed by atoms with E-state index in [4.69, 9.17) is 9.47 Å². The summed E-state index contributed by atoms with van der Waals surface area (Å²) in [6.07, 6.45) is 0.375. The maximum Gasteiger partial charge on any atom is 0.226 e. The van der Waals surface area contributed by atoms with Crippen molar-refractivity contribution >= 4 is 11.6 Å². The summed E-state index contributed by atoms with van der Waals surface area (Å²) in [5, 5.41) is 2.78. The van der Waals surface area contributed by atoms with E-state index in [2.05, 4.69) is 5.32 Å². The van der Waals surface area contributed by atoms with Crippen molar-refractivity contribution in [3.05, 3.63) is 24.3 Å². The largest absolute Gasteiger partial charge is 0.497 e. The molecular formula is C12H17NO3. The molecule has 0 atom stereocenters. The minimum absolute atomic E-state index is 0.0429. The van der Waals surface area contributed by atoms with Crippen molar-refractivity contribution in [3.8, 4) is 5.75 Å². The maximum absolute atomic E-state index is 11.4. The summed E-state index contributed by atoms with van der Waals surface area (Å²) >= 11 is 0. The second kappa shape index (κ2) is 6.85. The highest BCUT2D eigenvalue weighted by atomic mass is 16.5. The second-order valence-electron chi connectivity index (χ2n) is 3.22. The van der Waals surface area contributed by atoms with Crippen LogP contribution in [0.2, 0.25) is 0 Å². The molecule has 0 heterocycles. The van der Waals surface area contributed by atoms with E-state index in [9.17, 15) is 4.79 Å². The summed E-state index contributed by atoms with van der Waals surface area (Å²) in [6.45, 7) is 3.00. The number of carbonyl (C=O) groups is 1. The topological polar surface area (TPSA) is 47.6 Å². The first-order valence-corrected chi connectivity index (χ1v) is 5.28. The van der Waals surface area contributed by atoms with Crippen molar-refractivity contribution in [1.82, 2.24) is 0 Å². The fraction of sp³-hybridized carbons (Fsp3) is 0.417. The molecule has 1 aromatic rings. The van der Waals surface area contributed by atoms with Gasteiger partial charge in [0.2, 0.25) is 5.91 Å². The van der Waals surface area contributed by atoms with Crippen LogP contribution in [-0.4, -0.2) is 26.2 Å². The van der Waals surface area contributed by atoms with Crippen molar-refractivity contribution in [1.29, 1.82) is 0 Å². The summed E-state index contributed by atoms with van der Waals surface area (Å²) in [6, 6.07) is 7.21. The number of rotatable bonds is 6. The SMILES string of the molecule is CCOCCC(=O)Nc1ccc(OC)cc1.